The minimum Gasteiger partial charge on any atom is -0.456 e. The predicted octanol–water partition coefficient (Wildman–Crippen LogP) is 4.82. The van der Waals surface area contributed by atoms with Crippen molar-refractivity contribution >= 4 is 28.3 Å². The number of halogens is 1. The molecule has 0 unspecified atom stereocenters. The highest BCUT2D eigenvalue weighted by Gasteiger charge is 2.11. The van der Waals surface area contributed by atoms with Gasteiger partial charge in [0.2, 0.25) is 0 Å². The second-order valence-electron chi connectivity index (χ2n) is 5.62. The fourth-order valence-corrected chi connectivity index (χ4v) is 2.68. The van der Waals surface area contributed by atoms with Crippen molar-refractivity contribution in [2.24, 2.45) is 0 Å². The van der Waals surface area contributed by atoms with E-state index in [1.165, 1.54) is 6.07 Å². The molecule has 1 heterocycles. The summed E-state index contributed by atoms with van der Waals surface area (Å²) < 4.78 is 5.86. The van der Waals surface area contributed by atoms with Gasteiger partial charge in [-0.1, -0.05) is 31.5 Å². The molecular formula is C18H16ClNO2. The van der Waals surface area contributed by atoms with Gasteiger partial charge in [-0.25, -0.2) is 0 Å². The van der Waals surface area contributed by atoms with E-state index in [9.17, 15) is 4.79 Å². The van der Waals surface area contributed by atoms with Crippen LogP contribution in [0.15, 0.2) is 51.7 Å². The molecule has 0 saturated carbocycles. The average molecular weight is 314 g/mol. The van der Waals surface area contributed by atoms with Crippen LogP contribution in [0.4, 0.5) is 5.69 Å². The van der Waals surface area contributed by atoms with Crippen LogP contribution in [-0.4, -0.2) is 0 Å². The molecule has 3 nitrogen and oxygen atoms in total. The highest BCUT2D eigenvalue weighted by atomic mass is 35.5. The van der Waals surface area contributed by atoms with Gasteiger partial charge in [0.15, 0.2) is 5.43 Å². The van der Waals surface area contributed by atoms with E-state index in [0.717, 1.165) is 5.56 Å². The van der Waals surface area contributed by atoms with E-state index in [4.69, 9.17) is 21.8 Å². The summed E-state index contributed by atoms with van der Waals surface area (Å²) >= 11 is 6.19. The third kappa shape index (κ3) is 2.60. The number of hydrogen-bond donors (Lipinski definition) is 1. The summed E-state index contributed by atoms with van der Waals surface area (Å²) in [5.41, 5.74) is 8.51. The summed E-state index contributed by atoms with van der Waals surface area (Å²) in [6, 6.07) is 12.3. The molecule has 22 heavy (non-hydrogen) atoms. The molecule has 1 aromatic heterocycles. The SMILES string of the molecule is CC(C)c1ccc2oc(-c3ccc(N)cc3Cl)cc(=O)c2c1. The molecular weight excluding hydrogens is 298 g/mol. The molecule has 0 aliphatic rings. The van der Waals surface area contributed by atoms with Crippen LogP contribution in [0.1, 0.15) is 25.3 Å². The number of nitrogens with two attached hydrogens (primary N) is 1. The van der Waals surface area contributed by atoms with Crippen LogP contribution in [0.2, 0.25) is 5.02 Å². The van der Waals surface area contributed by atoms with Crippen LogP contribution >= 0.6 is 11.6 Å². The van der Waals surface area contributed by atoms with Gasteiger partial charge in [0.25, 0.3) is 0 Å². The predicted molar refractivity (Wildman–Crippen MR) is 91.4 cm³/mol. The first-order valence-corrected chi connectivity index (χ1v) is 7.46. The summed E-state index contributed by atoms with van der Waals surface area (Å²) in [5, 5.41) is 1.04. The van der Waals surface area contributed by atoms with E-state index in [1.807, 2.05) is 18.2 Å². The second-order valence-corrected chi connectivity index (χ2v) is 6.03. The molecule has 3 rings (SSSR count). The molecule has 2 aromatic carbocycles. The molecule has 0 saturated heterocycles. The van der Waals surface area contributed by atoms with Crippen LogP contribution in [0, 0.1) is 0 Å². The lowest BCUT2D eigenvalue weighted by Crippen LogP contribution is -2.02. The first-order chi connectivity index (χ1) is 10.5. The molecule has 4 heteroatoms. The Morgan fingerprint density at radius 3 is 2.55 bits per heavy atom. The fourth-order valence-electron chi connectivity index (χ4n) is 2.40. The number of hydrogen-bond acceptors (Lipinski definition) is 3. The zero-order valence-electron chi connectivity index (χ0n) is 12.4. The Kier molecular flexibility index (Phi) is 3.67. The molecule has 3 aromatic rings. The van der Waals surface area contributed by atoms with Crippen molar-refractivity contribution in [2.75, 3.05) is 5.73 Å². The van der Waals surface area contributed by atoms with Gasteiger partial charge in [-0.2, -0.15) is 0 Å². The fraction of sp³-hybridized carbons (Fsp3) is 0.167. The summed E-state index contributed by atoms with van der Waals surface area (Å²) in [6.45, 7) is 4.18. The van der Waals surface area contributed by atoms with Crippen LogP contribution in [0.3, 0.4) is 0 Å². The zero-order chi connectivity index (χ0) is 15.9. The minimum atomic E-state index is -0.0772. The molecule has 0 atom stereocenters. The maximum absolute atomic E-state index is 12.4. The first kappa shape index (κ1) is 14.7. The van der Waals surface area contributed by atoms with Gasteiger partial charge in [-0.3, -0.25) is 4.79 Å². The molecule has 112 valence electrons. The van der Waals surface area contributed by atoms with Crippen LogP contribution in [0.5, 0.6) is 0 Å². The van der Waals surface area contributed by atoms with Gasteiger partial charge in [-0.05, 0) is 41.8 Å². The molecule has 0 bridgehead atoms. The van der Waals surface area contributed by atoms with Crippen molar-refractivity contribution in [3.05, 3.63) is 63.3 Å². The normalized spacial score (nSPS) is 11.3. The van der Waals surface area contributed by atoms with Crippen molar-refractivity contribution in [3.8, 4) is 11.3 Å². The Morgan fingerprint density at radius 1 is 1.09 bits per heavy atom. The topological polar surface area (TPSA) is 56.2 Å². The van der Waals surface area contributed by atoms with Crippen molar-refractivity contribution in [1.29, 1.82) is 0 Å². The molecule has 0 amide bonds. The largest absolute Gasteiger partial charge is 0.456 e. The molecule has 0 radical (unpaired) electrons. The number of fused-ring (bicyclic) bond motifs is 1. The van der Waals surface area contributed by atoms with E-state index >= 15 is 0 Å². The number of anilines is 1. The minimum absolute atomic E-state index is 0.0772. The monoisotopic (exact) mass is 313 g/mol. The lowest BCUT2D eigenvalue weighted by molar-refractivity contribution is 0.618. The van der Waals surface area contributed by atoms with Gasteiger partial charge >= 0.3 is 0 Å². The molecule has 0 aliphatic carbocycles. The van der Waals surface area contributed by atoms with Gasteiger partial charge < -0.3 is 10.2 Å². The van der Waals surface area contributed by atoms with E-state index in [-0.39, 0.29) is 5.43 Å². The maximum atomic E-state index is 12.4. The second kappa shape index (κ2) is 5.50. The summed E-state index contributed by atoms with van der Waals surface area (Å²) in [5.74, 6) is 0.801. The lowest BCUT2D eigenvalue weighted by atomic mass is 10.0. The van der Waals surface area contributed by atoms with Crippen LogP contribution in [-0.2, 0) is 0 Å². The Bertz CT molecular complexity index is 913. The van der Waals surface area contributed by atoms with Crippen LogP contribution in [0.25, 0.3) is 22.3 Å². The highest BCUT2D eigenvalue weighted by Crippen LogP contribution is 2.31. The van der Waals surface area contributed by atoms with Crippen LogP contribution < -0.4 is 11.2 Å². The smallest absolute Gasteiger partial charge is 0.193 e. The summed E-state index contributed by atoms with van der Waals surface area (Å²) in [7, 11) is 0. The Morgan fingerprint density at radius 2 is 1.86 bits per heavy atom. The van der Waals surface area contributed by atoms with E-state index in [2.05, 4.69) is 13.8 Å². The van der Waals surface area contributed by atoms with Crippen molar-refractivity contribution in [2.45, 2.75) is 19.8 Å². The van der Waals surface area contributed by atoms with E-state index in [0.29, 0.717) is 38.9 Å². The Balaban J connectivity index is 2.21. The first-order valence-electron chi connectivity index (χ1n) is 7.09. The standard InChI is InChI=1S/C18H16ClNO2/c1-10(2)11-3-6-17-14(7-11)16(21)9-18(22-17)13-5-4-12(20)8-15(13)19/h3-10H,20H2,1-2H3. The number of benzene rings is 2. The highest BCUT2D eigenvalue weighted by molar-refractivity contribution is 6.33. The third-order valence-electron chi connectivity index (χ3n) is 3.68. The maximum Gasteiger partial charge on any atom is 0.193 e. The molecule has 0 aliphatic heterocycles. The Hall–Kier alpha value is -2.26. The number of nitrogen functional groups attached to an aromatic ring is 1. The van der Waals surface area contributed by atoms with Gasteiger partial charge in [-0.15, -0.1) is 0 Å². The molecule has 2 N–H and O–H groups in total. The van der Waals surface area contributed by atoms with Crippen molar-refractivity contribution in [3.63, 3.8) is 0 Å². The van der Waals surface area contributed by atoms with E-state index < -0.39 is 0 Å². The molecule has 0 spiro atoms. The third-order valence-corrected chi connectivity index (χ3v) is 3.99. The van der Waals surface area contributed by atoms with Crippen molar-refractivity contribution < 1.29 is 4.42 Å². The molecule has 0 fully saturated rings. The van der Waals surface area contributed by atoms with Gasteiger partial charge in [0, 0.05) is 17.3 Å². The van der Waals surface area contributed by atoms with Gasteiger partial charge in [0.05, 0.1) is 10.4 Å². The summed E-state index contributed by atoms with van der Waals surface area (Å²) in [4.78, 5) is 12.4. The van der Waals surface area contributed by atoms with Crippen molar-refractivity contribution in [1.82, 2.24) is 0 Å². The van der Waals surface area contributed by atoms with E-state index in [1.54, 1.807) is 18.2 Å². The zero-order valence-corrected chi connectivity index (χ0v) is 13.1. The average Bonchev–Trinajstić information content (AvgIpc) is 2.46. The Labute approximate surface area is 133 Å². The lowest BCUT2D eigenvalue weighted by Gasteiger charge is -2.08. The summed E-state index contributed by atoms with van der Waals surface area (Å²) in [6.07, 6.45) is 0. The van der Waals surface area contributed by atoms with Gasteiger partial charge in [0.1, 0.15) is 11.3 Å². The number of rotatable bonds is 2. The quantitative estimate of drug-likeness (QED) is 0.690.